The Morgan fingerprint density at radius 2 is 2.29 bits per heavy atom. The Morgan fingerprint density at radius 1 is 1.64 bits per heavy atom. The predicted molar refractivity (Wildman–Crippen MR) is 54.8 cm³/mol. The van der Waals surface area contributed by atoms with Gasteiger partial charge in [-0.2, -0.15) is 0 Å². The van der Waals surface area contributed by atoms with Gasteiger partial charge in [0.15, 0.2) is 0 Å². The van der Waals surface area contributed by atoms with Crippen molar-refractivity contribution in [3.8, 4) is 0 Å². The third kappa shape index (κ3) is 2.25. The second kappa shape index (κ2) is 4.28. The number of morpholine rings is 1. The SMILES string of the molecule is CC1COCCN1C(=O)C(C)(C)CN. The molecular formula is C10H20N2O2. The summed E-state index contributed by atoms with van der Waals surface area (Å²) in [5.41, 5.74) is 5.13. The molecule has 1 amide bonds. The molecule has 1 fully saturated rings. The van der Waals surface area contributed by atoms with E-state index in [2.05, 4.69) is 0 Å². The average Bonchev–Trinajstić information content (AvgIpc) is 2.17. The highest BCUT2D eigenvalue weighted by Gasteiger charge is 2.34. The Kier molecular flexibility index (Phi) is 3.50. The zero-order chi connectivity index (χ0) is 10.8. The molecule has 1 atom stereocenters. The van der Waals surface area contributed by atoms with Crippen LogP contribution in [0, 0.1) is 5.41 Å². The summed E-state index contributed by atoms with van der Waals surface area (Å²) in [5.74, 6) is 0.135. The molecule has 0 spiro atoms. The van der Waals surface area contributed by atoms with Crippen LogP contribution in [0.4, 0.5) is 0 Å². The van der Waals surface area contributed by atoms with Crippen molar-refractivity contribution in [1.82, 2.24) is 4.90 Å². The molecule has 0 radical (unpaired) electrons. The summed E-state index contributed by atoms with van der Waals surface area (Å²) in [5, 5.41) is 0. The first-order valence-electron chi connectivity index (χ1n) is 5.08. The van der Waals surface area contributed by atoms with Gasteiger partial charge in [0.05, 0.1) is 24.7 Å². The maximum atomic E-state index is 12.1. The summed E-state index contributed by atoms with van der Waals surface area (Å²) in [4.78, 5) is 13.9. The van der Waals surface area contributed by atoms with Gasteiger partial charge in [0.25, 0.3) is 0 Å². The monoisotopic (exact) mass is 200 g/mol. The van der Waals surface area contributed by atoms with Gasteiger partial charge >= 0.3 is 0 Å². The molecule has 1 aliphatic rings. The maximum absolute atomic E-state index is 12.1. The summed E-state index contributed by atoms with van der Waals surface area (Å²) >= 11 is 0. The first kappa shape index (κ1) is 11.5. The molecule has 0 bridgehead atoms. The van der Waals surface area contributed by atoms with Crippen LogP contribution in [-0.2, 0) is 9.53 Å². The first-order valence-corrected chi connectivity index (χ1v) is 5.08. The molecule has 4 heteroatoms. The smallest absolute Gasteiger partial charge is 0.229 e. The molecule has 0 aromatic rings. The molecule has 0 aromatic carbocycles. The van der Waals surface area contributed by atoms with E-state index in [4.69, 9.17) is 10.5 Å². The van der Waals surface area contributed by atoms with Crippen molar-refractivity contribution in [2.45, 2.75) is 26.8 Å². The number of rotatable bonds is 2. The molecule has 0 saturated carbocycles. The topological polar surface area (TPSA) is 55.6 Å². The Bertz CT molecular complexity index is 216. The molecule has 1 aliphatic heterocycles. The summed E-state index contributed by atoms with van der Waals surface area (Å²) < 4.78 is 5.28. The van der Waals surface area contributed by atoms with Gasteiger partial charge in [0.2, 0.25) is 5.91 Å². The van der Waals surface area contributed by atoms with Crippen LogP contribution in [0.1, 0.15) is 20.8 Å². The minimum atomic E-state index is -0.453. The van der Waals surface area contributed by atoms with E-state index < -0.39 is 5.41 Å². The number of carbonyl (C=O) groups is 1. The maximum Gasteiger partial charge on any atom is 0.229 e. The van der Waals surface area contributed by atoms with Crippen LogP contribution in [0.3, 0.4) is 0 Å². The lowest BCUT2D eigenvalue weighted by Gasteiger charge is -2.38. The number of carbonyl (C=O) groups excluding carboxylic acids is 1. The lowest BCUT2D eigenvalue weighted by molar-refractivity contribution is -0.147. The zero-order valence-corrected chi connectivity index (χ0v) is 9.25. The second-order valence-electron chi connectivity index (χ2n) is 4.51. The molecule has 82 valence electrons. The number of hydrogen-bond acceptors (Lipinski definition) is 3. The van der Waals surface area contributed by atoms with Crippen molar-refractivity contribution in [2.24, 2.45) is 11.1 Å². The third-order valence-corrected chi connectivity index (χ3v) is 2.72. The summed E-state index contributed by atoms with van der Waals surface area (Å²) in [6, 6.07) is 0.169. The van der Waals surface area contributed by atoms with E-state index in [1.165, 1.54) is 0 Å². The van der Waals surface area contributed by atoms with Crippen molar-refractivity contribution >= 4 is 5.91 Å². The van der Waals surface area contributed by atoms with E-state index in [0.29, 0.717) is 26.3 Å². The normalized spacial score (nSPS) is 23.7. The van der Waals surface area contributed by atoms with Crippen molar-refractivity contribution in [1.29, 1.82) is 0 Å². The zero-order valence-electron chi connectivity index (χ0n) is 9.25. The van der Waals surface area contributed by atoms with Crippen molar-refractivity contribution in [3.05, 3.63) is 0 Å². The lowest BCUT2D eigenvalue weighted by Crippen LogP contribution is -2.53. The third-order valence-electron chi connectivity index (χ3n) is 2.72. The van der Waals surface area contributed by atoms with Crippen LogP contribution in [0.2, 0.25) is 0 Å². The Morgan fingerprint density at radius 3 is 2.79 bits per heavy atom. The van der Waals surface area contributed by atoms with Crippen LogP contribution in [0.5, 0.6) is 0 Å². The van der Waals surface area contributed by atoms with Gasteiger partial charge in [-0.15, -0.1) is 0 Å². The molecular weight excluding hydrogens is 180 g/mol. The van der Waals surface area contributed by atoms with Gasteiger partial charge in [0.1, 0.15) is 0 Å². The van der Waals surface area contributed by atoms with Gasteiger partial charge in [-0.3, -0.25) is 4.79 Å². The number of ether oxygens (including phenoxy) is 1. The molecule has 1 unspecified atom stereocenters. The quantitative estimate of drug-likeness (QED) is 0.693. The fourth-order valence-electron chi connectivity index (χ4n) is 1.50. The number of amides is 1. The Balaban J connectivity index is 2.67. The largest absolute Gasteiger partial charge is 0.377 e. The summed E-state index contributed by atoms with van der Waals surface area (Å²) in [6.45, 7) is 8.11. The molecule has 0 aromatic heterocycles. The predicted octanol–water partition coefficient (Wildman–Crippen LogP) is 0.219. The van der Waals surface area contributed by atoms with Gasteiger partial charge in [-0.05, 0) is 20.8 Å². The van der Waals surface area contributed by atoms with E-state index in [9.17, 15) is 4.79 Å². The number of nitrogens with two attached hydrogens (primary N) is 1. The summed E-state index contributed by atoms with van der Waals surface area (Å²) in [6.07, 6.45) is 0. The molecule has 14 heavy (non-hydrogen) atoms. The van der Waals surface area contributed by atoms with Crippen molar-refractivity contribution < 1.29 is 9.53 Å². The van der Waals surface area contributed by atoms with Gasteiger partial charge in [-0.1, -0.05) is 0 Å². The van der Waals surface area contributed by atoms with Crippen LogP contribution in [0.15, 0.2) is 0 Å². The number of hydrogen-bond donors (Lipinski definition) is 1. The summed E-state index contributed by atoms with van der Waals surface area (Å²) in [7, 11) is 0. The standard InChI is InChI=1S/C10H20N2O2/c1-8-6-14-5-4-12(8)9(13)10(2,3)7-11/h8H,4-7,11H2,1-3H3. The molecule has 1 saturated heterocycles. The Labute approximate surface area is 85.4 Å². The first-order chi connectivity index (χ1) is 6.49. The van der Waals surface area contributed by atoms with Crippen LogP contribution < -0.4 is 5.73 Å². The highest BCUT2D eigenvalue weighted by Crippen LogP contribution is 2.20. The minimum Gasteiger partial charge on any atom is -0.377 e. The van der Waals surface area contributed by atoms with E-state index >= 15 is 0 Å². The molecule has 4 nitrogen and oxygen atoms in total. The fraction of sp³-hybridized carbons (Fsp3) is 0.900. The molecule has 1 rings (SSSR count). The highest BCUT2D eigenvalue weighted by molar-refractivity contribution is 5.82. The Hall–Kier alpha value is -0.610. The molecule has 1 heterocycles. The van der Waals surface area contributed by atoms with Gasteiger partial charge < -0.3 is 15.4 Å². The van der Waals surface area contributed by atoms with E-state index in [1.807, 2.05) is 25.7 Å². The van der Waals surface area contributed by atoms with Crippen LogP contribution >= 0.6 is 0 Å². The highest BCUT2D eigenvalue weighted by atomic mass is 16.5. The van der Waals surface area contributed by atoms with Gasteiger partial charge in [-0.25, -0.2) is 0 Å². The van der Waals surface area contributed by atoms with Crippen molar-refractivity contribution in [3.63, 3.8) is 0 Å². The van der Waals surface area contributed by atoms with E-state index in [0.717, 1.165) is 0 Å². The van der Waals surface area contributed by atoms with Crippen molar-refractivity contribution in [2.75, 3.05) is 26.3 Å². The van der Waals surface area contributed by atoms with E-state index in [-0.39, 0.29) is 11.9 Å². The fourth-order valence-corrected chi connectivity index (χ4v) is 1.50. The molecule has 2 N–H and O–H groups in total. The van der Waals surface area contributed by atoms with Crippen LogP contribution in [0.25, 0.3) is 0 Å². The lowest BCUT2D eigenvalue weighted by atomic mass is 9.91. The molecule has 0 aliphatic carbocycles. The average molecular weight is 200 g/mol. The van der Waals surface area contributed by atoms with E-state index in [1.54, 1.807) is 0 Å². The van der Waals surface area contributed by atoms with Gasteiger partial charge in [0, 0.05) is 13.1 Å². The second-order valence-corrected chi connectivity index (χ2v) is 4.51. The van der Waals surface area contributed by atoms with Crippen LogP contribution in [-0.4, -0.2) is 43.2 Å². The number of nitrogens with zero attached hydrogens (tertiary/aromatic N) is 1. The minimum absolute atomic E-state index is 0.135.